The minimum absolute atomic E-state index is 0.128. The van der Waals surface area contributed by atoms with Gasteiger partial charge in [0.2, 0.25) is 5.91 Å². The summed E-state index contributed by atoms with van der Waals surface area (Å²) in [5.41, 5.74) is 2.06. The first kappa shape index (κ1) is 19.5. The number of fused-ring (bicyclic) bond motifs is 1. The molecule has 0 aliphatic carbocycles. The molecule has 6 nitrogen and oxygen atoms in total. The molecule has 2 rings (SSSR count). The molecule has 0 saturated heterocycles. The third-order valence-electron chi connectivity index (χ3n) is 5.01. The van der Waals surface area contributed by atoms with Crippen molar-refractivity contribution in [1.29, 1.82) is 0 Å². The highest BCUT2D eigenvalue weighted by Gasteiger charge is 2.31. The minimum Gasteiger partial charge on any atom is -0.493 e. The Kier molecular flexibility index (Phi) is 6.67. The van der Waals surface area contributed by atoms with Crippen molar-refractivity contribution in [2.75, 3.05) is 59.4 Å². The number of carbonyl (C=O) groups excluding carboxylic acids is 1. The Labute approximate surface area is 151 Å². The Morgan fingerprint density at radius 3 is 2.28 bits per heavy atom. The van der Waals surface area contributed by atoms with Crippen molar-refractivity contribution in [3.8, 4) is 11.5 Å². The molecule has 0 saturated carbocycles. The molecule has 0 aromatic heterocycles. The van der Waals surface area contributed by atoms with Crippen molar-refractivity contribution in [3.05, 3.63) is 17.7 Å². The molecule has 1 aromatic carbocycles. The van der Waals surface area contributed by atoms with Crippen molar-refractivity contribution < 1.29 is 14.3 Å². The van der Waals surface area contributed by atoms with Crippen LogP contribution in [0.15, 0.2) is 12.1 Å². The molecule has 0 spiro atoms. The molecule has 1 aromatic rings. The zero-order valence-corrected chi connectivity index (χ0v) is 16.3. The first-order valence-corrected chi connectivity index (χ1v) is 8.89. The summed E-state index contributed by atoms with van der Waals surface area (Å²) in [6.45, 7) is 7.02. The Bertz CT molecular complexity index is 600. The molecule has 6 heteroatoms. The number of benzene rings is 1. The Hall–Kier alpha value is -1.79. The minimum atomic E-state index is 0.128. The lowest BCUT2D eigenvalue weighted by molar-refractivity contribution is -0.120. The van der Waals surface area contributed by atoms with Gasteiger partial charge < -0.3 is 19.3 Å². The van der Waals surface area contributed by atoms with Crippen molar-refractivity contribution in [2.45, 2.75) is 26.3 Å². The highest BCUT2D eigenvalue weighted by Crippen LogP contribution is 2.38. The number of hydrogen-bond acceptors (Lipinski definition) is 5. The average molecular weight is 349 g/mol. The van der Waals surface area contributed by atoms with Gasteiger partial charge in [0, 0.05) is 18.7 Å². The fraction of sp³-hybridized carbons (Fsp3) is 0.632. The number of ether oxygens (including phenoxy) is 2. The van der Waals surface area contributed by atoms with Crippen LogP contribution >= 0.6 is 0 Å². The highest BCUT2D eigenvalue weighted by atomic mass is 16.5. The first-order chi connectivity index (χ1) is 11.9. The summed E-state index contributed by atoms with van der Waals surface area (Å²) in [6, 6.07) is 4.22. The summed E-state index contributed by atoms with van der Waals surface area (Å²) in [5.74, 6) is 1.49. The largest absolute Gasteiger partial charge is 0.493 e. The van der Waals surface area contributed by atoms with E-state index in [1.807, 2.05) is 17.0 Å². The van der Waals surface area contributed by atoms with Gasteiger partial charge in [-0.15, -0.1) is 0 Å². The topological polar surface area (TPSA) is 45.3 Å². The normalized spacial score (nSPS) is 17.0. The van der Waals surface area contributed by atoms with E-state index in [4.69, 9.17) is 9.47 Å². The SMILES string of the molecule is CCN(CC)CC(=O)N1CC(N(C)C)Cc2cc(OC)c(OC)cc21. The maximum Gasteiger partial charge on any atom is 0.241 e. The fourth-order valence-electron chi connectivity index (χ4n) is 3.26. The standard InChI is InChI=1S/C19H31N3O3/c1-7-21(8-2)13-19(23)22-12-15(20(3)4)9-14-10-17(24-5)18(25-6)11-16(14)22/h10-11,15H,7-9,12-13H2,1-6H3. The second-order valence-corrected chi connectivity index (χ2v) is 6.62. The summed E-state index contributed by atoms with van der Waals surface area (Å²) < 4.78 is 10.9. The van der Waals surface area contributed by atoms with Crippen LogP contribution < -0.4 is 14.4 Å². The second kappa shape index (κ2) is 8.54. The third kappa shape index (κ3) is 4.25. The van der Waals surface area contributed by atoms with Gasteiger partial charge >= 0.3 is 0 Å². The zero-order valence-electron chi connectivity index (χ0n) is 16.3. The molecule has 25 heavy (non-hydrogen) atoms. The van der Waals surface area contributed by atoms with Crippen LogP contribution in [0.4, 0.5) is 5.69 Å². The van der Waals surface area contributed by atoms with Crippen LogP contribution in [0, 0.1) is 0 Å². The second-order valence-electron chi connectivity index (χ2n) is 6.62. The average Bonchev–Trinajstić information content (AvgIpc) is 2.63. The monoisotopic (exact) mass is 349 g/mol. The molecule has 0 fully saturated rings. The number of hydrogen-bond donors (Lipinski definition) is 0. The maximum absolute atomic E-state index is 13.0. The predicted molar refractivity (Wildman–Crippen MR) is 101 cm³/mol. The molecular formula is C19H31N3O3. The van der Waals surface area contributed by atoms with E-state index in [9.17, 15) is 4.79 Å². The molecule has 0 radical (unpaired) electrons. The number of carbonyl (C=O) groups is 1. The number of nitrogens with zero attached hydrogens (tertiary/aromatic N) is 3. The molecule has 1 unspecified atom stereocenters. The Morgan fingerprint density at radius 1 is 1.16 bits per heavy atom. The van der Waals surface area contributed by atoms with Gasteiger partial charge in [0.1, 0.15) is 0 Å². The van der Waals surface area contributed by atoms with Gasteiger partial charge in [-0.05, 0) is 45.2 Å². The molecule has 1 aliphatic rings. The van der Waals surface area contributed by atoms with Crippen molar-refractivity contribution in [3.63, 3.8) is 0 Å². The van der Waals surface area contributed by atoms with Crippen LogP contribution in [0.5, 0.6) is 11.5 Å². The third-order valence-corrected chi connectivity index (χ3v) is 5.01. The number of methoxy groups -OCH3 is 2. The van der Waals surface area contributed by atoms with Crippen LogP contribution in [-0.4, -0.2) is 76.2 Å². The quantitative estimate of drug-likeness (QED) is 0.752. The van der Waals surface area contributed by atoms with E-state index in [1.165, 1.54) is 0 Å². The van der Waals surface area contributed by atoms with Gasteiger partial charge in [0.25, 0.3) is 0 Å². The number of likely N-dealkylation sites (N-methyl/N-ethyl adjacent to an activating group) is 2. The lowest BCUT2D eigenvalue weighted by Gasteiger charge is -2.38. The van der Waals surface area contributed by atoms with Crippen molar-refractivity contribution in [2.24, 2.45) is 0 Å². The van der Waals surface area contributed by atoms with E-state index in [0.717, 1.165) is 30.8 Å². The molecule has 1 atom stereocenters. The Balaban J connectivity index is 2.40. The molecule has 1 aliphatic heterocycles. The van der Waals surface area contributed by atoms with E-state index in [1.54, 1.807) is 14.2 Å². The lowest BCUT2D eigenvalue weighted by atomic mass is 9.96. The van der Waals surface area contributed by atoms with E-state index in [2.05, 4.69) is 37.7 Å². The van der Waals surface area contributed by atoms with Gasteiger partial charge in [-0.3, -0.25) is 9.69 Å². The fourth-order valence-corrected chi connectivity index (χ4v) is 3.26. The summed E-state index contributed by atoms with van der Waals surface area (Å²) in [7, 11) is 7.38. The van der Waals surface area contributed by atoms with Gasteiger partial charge in [-0.1, -0.05) is 13.8 Å². The van der Waals surface area contributed by atoms with E-state index in [0.29, 0.717) is 24.6 Å². The van der Waals surface area contributed by atoms with E-state index in [-0.39, 0.29) is 11.9 Å². The summed E-state index contributed by atoms with van der Waals surface area (Å²) in [5, 5.41) is 0. The molecular weight excluding hydrogens is 318 g/mol. The smallest absolute Gasteiger partial charge is 0.241 e. The Morgan fingerprint density at radius 2 is 1.76 bits per heavy atom. The number of anilines is 1. The molecule has 1 amide bonds. The van der Waals surface area contributed by atoms with Crippen LogP contribution in [0.1, 0.15) is 19.4 Å². The molecule has 1 heterocycles. The van der Waals surface area contributed by atoms with Crippen LogP contribution in [0.2, 0.25) is 0 Å². The van der Waals surface area contributed by atoms with E-state index < -0.39 is 0 Å². The van der Waals surface area contributed by atoms with Crippen molar-refractivity contribution >= 4 is 11.6 Å². The van der Waals surface area contributed by atoms with Crippen LogP contribution in [-0.2, 0) is 11.2 Å². The maximum atomic E-state index is 13.0. The molecule has 0 bridgehead atoms. The van der Waals surface area contributed by atoms with Gasteiger partial charge in [0.05, 0.1) is 26.5 Å². The van der Waals surface area contributed by atoms with Crippen LogP contribution in [0.25, 0.3) is 0 Å². The molecule has 140 valence electrons. The summed E-state index contributed by atoms with van der Waals surface area (Å²) in [4.78, 5) is 19.2. The van der Waals surface area contributed by atoms with Gasteiger partial charge in [0.15, 0.2) is 11.5 Å². The highest BCUT2D eigenvalue weighted by molar-refractivity contribution is 5.96. The van der Waals surface area contributed by atoms with Gasteiger partial charge in [-0.2, -0.15) is 0 Å². The predicted octanol–water partition coefficient (Wildman–Crippen LogP) is 1.86. The summed E-state index contributed by atoms with van der Waals surface area (Å²) in [6.07, 6.45) is 0.887. The van der Waals surface area contributed by atoms with Gasteiger partial charge in [-0.25, -0.2) is 0 Å². The molecule has 0 N–H and O–H groups in total. The first-order valence-electron chi connectivity index (χ1n) is 8.89. The van der Waals surface area contributed by atoms with Crippen molar-refractivity contribution in [1.82, 2.24) is 9.80 Å². The van der Waals surface area contributed by atoms with E-state index >= 15 is 0 Å². The number of amides is 1. The lowest BCUT2D eigenvalue weighted by Crippen LogP contribution is -2.50. The summed E-state index contributed by atoms with van der Waals surface area (Å²) >= 11 is 0. The zero-order chi connectivity index (χ0) is 18.6. The number of rotatable bonds is 7. The van der Waals surface area contributed by atoms with Crippen LogP contribution in [0.3, 0.4) is 0 Å².